The summed E-state index contributed by atoms with van der Waals surface area (Å²) in [6.45, 7) is 6.93. The number of hydrogen-bond donors (Lipinski definition) is 2. The molecule has 1 aromatic heterocycles. The van der Waals surface area contributed by atoms with Crippen LogP contribution in [0.25, 0.3) is 17.0 Å². The van der Waals surface area contributed by atoms with Crippen molar-refractivity contribution in [2.75, 3.05) is 13.1 Å². The minimum Gasteiger partial charge on any atom is -0.481 e. The van der Waals surface area contributed by atoms with E-state index >= 15 is 0 Å². The average Bonchev–Trinajstić information content (AvgIpc) is 3.11. The van der Waals surface area contributed by atoms with Crippen LogP contribution in [-0.4, -0.2) is 56.9 Å². The quantitative estimate of drug-likeness (QED) is 0.204. The lowest BCUT2D eigenvalue weighted by atomic mass is 9.71. The number of carboxylic acid groups (broad SMARTS) is 1. The molecule has 2 fully saturated rings. The highest BCUT2D eigenvalue weighted by molar-refractivity contribution is 5.98. The van der Waals surface area contributed by atoms with Gasteiger partial charge in [-0.3, -0.25) is 14.4 Å². The number of carboxylic acids is 1. The Morgan fingerprint density at radius 1 is 0.840 bits per heavy atom. The number of carbonyl (C=O) groups is 3. The molecular formula is C42H52N4O4. The second-order valence-electron chi connectivity index (χ2n) is 15.2. The summed E-state index contributed by atoms with van der Waals surface area (Å²) in [4.78, 5) is 49.1. The van der Waals surface area contributed by atoms with E-state index < -0.39 is 17.9 Å². The SMILES string of the molecule is CC[C@H]1CC[C@H](C2CC=C(c3cnc(-c4ccc(C[C@H](NC(=O)c5ccc(CC(C)C)cc5)C(=O)N5CC(C(=O)O)C5)cc4)nc3)CC2)CC1. The maximum Gasteiger partial charge on any atom is 0.310 e. The van der Waals surface area contributed by atoms with Crippen molar-refractivity contribution in [1.29, 1.82) is 0 Å². The number of benzene rings is 2. The highest BCUT2D eigenvalue weighted by atomic mass is 16.4. The molecule has 1 aliphatic heterocycles. The van der Waals surface area contributed by atoms with Crippen LogP contribution >= 0.6 is 0 Å². The van der Waals surface area contributed by atoms with Gasteiger partial charge >= 0.3 is 5.97 Å². The summed E-state index contributed by atoms with van der Waals surface area (Å²) in [5, 5.41) is 12.3. The Bertz CT molecular complexity index is 1650. The molecule has 0 bridgehead atoms. The van der Waals surface area contributed by atoms with Gasteiger partial charge in [-0.05, 0) is 91.0 Å². The Balaban J connectivity index is 1.08. The molecule has 0 spiro atoms. The van der Waals surface area contributed by atoms with E-state index in [1.807, 2.05) is 48.8 Å². The molecule has 1 saturated carbocycles. The summed E-state index contributed by atoms with van der Waals surface area (Å²) in [5.41, 5.74) is 5.84. The van der Waals surface area contributed by atoms with Gasteiger partial charge in [0.25, 0.3) is 5.91 Å². The van der Waals surface area contributed by atoms with Crippen molar-refractivity contribution in [2.24, 2.45) is 29.6 Å². The maximum absolute atomic E-state index is 13.5. The number of aliphatic carboxylic acids is 1. The molecule has 2 amide bonds. The monoisotopic (exact) mass is 676 g/mol. The standard InChI is InChI=1S/C42H52N4O4/c1-4-28-5-11-31(12-6-28)32-17-19-33(20-18-32)36-23-43-39(44-24-36)34-13-7-30(8-14-34)22-38(41(48)46-25-37(26-46)42(49)50)45-40(47)35-15-9-29(10-16-35)21-27(2)3/h7-10,13-16,19,23-24,27-28,31-32,37-38H,4-6,11-12,17-18,20-22,25-26H2,1-3H3,(H,45,47)(H,49,50)/t28-,31-,32?,38-/m0/s1. The highest BCUT2D eigenvalue weighted by Crippen LogP contribution is 2.41. The fourth-order valence-corrected chi connectivity index (χ4v) is 8.02. The fraction of sp³-hybridized carbons (Fsp3) is 0.500. The van der Waals surface area contributed by atoms with Crippen molar-refractivity contribution in [3.05, 3.63) is 89.3 Å². The second-order valence-corrected chi connectivity index (χ2v) is 15.2. The Morgan fingerprint density at radius 3 is 2.06 bits per heavy atom. The van der Waals surface area contributed by atoms with Crippen LogP contribution in [0.2, 0.25) is 0 Å². The first-order chi connectivity index (χ1) is 24.2. The largest absolute Gasteiger partial charge is 0.481 e. The molecule has 3 aliphatic rings. The molecular weight excluding hydrogens is 624 g/mol. The zero-order valence-electron chi connectivity index (χ0n) is 29.8. The van der Waals surface area contributed by atoms with Gasteiger partial charge in [0.05, 0.1) is 5.92 Å². The van der Waals surface area contributed by atoms with E-state index in [9.17, 15) is 19.5 Å². The number of likely N-dealkylation sites (tertiary alicyclic amines) is 1. The lowest BCUT2D eigenvalue weighted by Gasteiger charge is -2.39. The van der Waals surface area contributed by atoms with Crippen molar-refractivity contribution in [3.63, 3.8) is 0 Å². The van der Waals surface area contributed by atoms with E-state index in [-0.39, 0.29) is 31.3 Å². The molecule has 50 heavy (non-hydrogen) atoms. The van der Waals surface area contributed by atoms with Crippen LogP contribution in [0.1, 0.15) is 99.2 Å². The minimum absolute atomic E-state index is 0.147. The summed E-state index contributed by atoms with van der Waals surface area (Å²) < 4.78 is 0. The number of rotatable bonds is 12. The molecule has 264 valence electrons. The fourth-order valence-electron chi connectivity index (χ4n) is 8.02. The second kappa shape index (κ2) is 16.1. The Kier molecular flexibility index (Phi) is 11.5. The number of allylic oxidation sites excluding steroid dienone is 2. The van der Waals surface area contributed by atoms with Gasteiger partial charge in [0.2, 0.25) is 5.91 Å². The van der Waals surface area contributed by atoms with Gasteiger partial charge in [-0.1, -0.05) is 82.5 Å². The third-order valence-electron chi connectivity index (χ3n) is 11.3. The smallest absolute Gasteiger partial charge is 0.310 e. The molecule has 1 unspecified atom stereocenters. The number of carbonyl (C=O) groups excluding carboxylic acids is 2. The number of hydrogen-bond acceptors (Lipinski definition) is 5. The third-order valence-corrected chi connectivity index (χ3v) is 11.3. The van der Waals surface area contributed by atoms with E-state index in [1.165, 1.54) is 49.0 Å². The van der Waals surface area contributed by atoms with Crippen LogP contribution in [0.3, 0.4) is 0 Å². The van der Waals surface area contributed by atoms with Gasteiger partial charge in [-0.15, -0.1) is 0 Å². The lowest BCUT2D eigenvalue weighted by molar-refractivity contribution is -0.153. The summed E-state index contributed by atoms with van der Waals surface area (Å²) in [6, 6.07) is 14.4. The zero-order valence-corrected chi connectivity index (χ0v) is 29.8. The van der Waals surface area contributed by atoms with Gasteiger partial charge < -0.3 is 15.3 Å². The number of nitrogens with one attached hydrogen (secondary N) is 1. The van der Waals surface area contributed by atoms with E-state index in [4.69, 9.17) is 9.97 Å². The summed E-state index contributed by atoms with van der Waals surface area (Å²) >= 11 is 0. The van der Waals surface area contributed by atoms with Crippen molar-refractivity contribution < 1.29 is 19.5 Å². The minimum atomic E-state index is -0.911. The van der Waals surface area contributed by atoms with E-state index in [2.05, 4.69) is 32.2 Å². The van der Waals surface area contributed by atoms with E-state index in [1.54, 1.807) is 12.1 Å². The van der Waals surface area contributed by atoms with E-state index in [0.29, 0.717) is 17.3 Å². The first kappa shape index (κ1) is 35.5. The molecule has 2 atom stereocenters. The van der Waals surface area contributed by atoms with E-state index in [0.717, 1.165) is 59.3 Å². The topological polar surface area (TPSA) is 112 Å². The molecule has 6 rings (SSSR count). The van der Waals surface area contributed by atoms with Crippen molar-refractivity contribution in [1.82, 2.24) is 20.2 Å². The molecule has 8 heteroatoms. The Hall–Kier alpha value is -4.33. The normalized spacial score (nSPS) is 21.6. The maximum atomic E-state index is 13.5. The van der Waals surface area contributed by atoms with Crippen LogP contribution in [0.4, 0.5) is 0 Å². The zero-order chi connectivity index (χ0) is 35.2. The van der Waals surface area contributed by atoms with Crippen LogP contribution in [0.5, 0.6) is 0 Å². The number of amides is 2. The predicted octanol–water partition coefficient (Wildman–Crippen LogP) is 7.63. The van der Waals surface area contributed by atoms with Crippen LogP contribution < -0.4 is 5.32 Å². The molecule has 2 aromatic carbocycles. The van der Waals surface area contributed by atoms with Gasteiger partial charge in [0.15, 0.2) is 5.82 Å². The molecule has 2 heterocycles. The molecule has 1 saturated heterocycles. The predicted molar refractivity (Wildman–Crippen MR) is 196 cm³/mol. The first-order valence-electron chi connectivity index (χ1n) is 18.7. The van der Waals surface area contributed by atoms with Gasteiger partial charge in [-0.2, -0.15) is 0 Å². The van der Waals surface area contributed by atoms with Gasteiger partial charge in [-0.25, -0.2) is 9.97 Å². The average molecular weight is 677 g/mol. The highest BCUT2D eigenvalue weighted by Gasteiger charge is 2.39. The number of aromatic nitrogens is 2. The van der Waals surface area contributed by atoms with Crippen molar-refractivity contribution >= 4 is 23.4 Å². The molecule has 2 aliphatic carbocycles. The van der Waals surface area contributed by atoms with Gasteiger partial charge in [0.1, 0.15) is 6.04 Å². The molecule has 3 aromatic rings. The lowest BCUT2D eigenvalue weighted by Crippen LogP contribution is -2.59. The molecule has 2 N–H and O–H groups in total. The summed E-state index contributed by atoms with van der Waals surface area (Å²) in [7, 11) is 0. The molecule has 8 nitrogen and oxygen atoms in total. The Morgan fingerprint density at radius 2 is 1.48 bits per heavy atom. The van der Waals surface area contributed by atoms with Gasteiger partial charge in [0, 0.05) is 48.6 Å². The van der Waals surface area contributed by atoms with Crippen molar-refractivity contribution in [3.8, 4) is 11.4 Å². The Labute approximate surface area is 296 Å². The van der Waals surface area contributed by atoms with Crippen LogP contribution in [0.15, 0.2) is 67.0 Å². The summed E-state index contributed by atoms with van der Waals surface area (Å²) in [5.74, 6) is 1.69. The number of nitrogens with zero attached hydrogens (tertiary/aromatic N) is 3. The van der Waals surface area contributed by atoms with Crippen LogP contribution in [-0.2, 0) is 22.4 Å². The first-order valence-corrected chi connectivity index (χ1v) is 18.7. The third kappa shape index (κ3) is 8.69. The van der Waals surface area contributed by atoms with Crippen LogP contribution in [0, 0.1) is 29.6 Å². The molecule has 0 radical (unpaired) electrons. The summed E-state index contributed by atoms with van der Waals surface area (Å²) in [6.07, 6.45) is 17.9. The van der Waals surface area contributed by atoms with Crippen molar-refractivity contribution in [2.45, 2.75) is 91.0 Å².